The van der Waals surface area contributed by atoms with E-state index in [4.69, 9.17) is 4.74 Å². The molecule has 1 aromatic carbocycles. The molecular weight excluding hydrogens is 316 g/mol. The summed E-state index contributed by atoms with van der Waals surface area (Å²) in [5.41, 5.74) is 0.605. The van der Waals surface area contributed by atoms with Crippen molar-refractivity contribution in [2.45, 2.75) is 25.0 Å². The maximum Gasteiger partial charge on any atom is 0.133 e. The molecule has 130 valence electrons. The molecule has 4 atom stereocenters. The Morgan fingerprint density at radius 2 is 2.00 bits per heavy atom. The van der Waals surface area contributed by atoms with E-state index in [-0.39, 0.29) is 11.9 Å². The van der Waals surface area contributed by atoms with Crippen molar-refractivity contribution in [3.63, 3.8) is 0 Å². The van der Waals surface area contributed by atoms with Gasteiger partial charge in [0.2, 0.25) is 0 Å². The number of likely N-dealkylation sites (tertiary alicyclic amines) is 1. The third-order valence-electron chi connectivity index (χ3n) is 5.26. The summed E-state index contributed by atoms with van der Waals surface area (Å²) in [5, 5.41) is 19.7. The van der Waals surface area contributed by atoms with Crippen LogP contribution in [0, 0.1) is 24.0 Å². The number of nitrogens with zero attached hydrogens (tertiary/aromatic N) is 2. The number of aliphatic hydroxyl groups is 1. The van der Waals surface area contributed by atoms with Gasteiger partial charge in [0.15, 0.2) is 0 Å². The summed E-state index contributed by atoms with van der Waals surface area (Å²) < 4.78 is 6.06. The maximum absolute atomic E-state index is 10.4. The van der Waals surface area contributed by atoms with Gasteiger partial charge in [0.05, 0.1) is 18.0 Å². The standard InChI is InChI=1S/C20H22N2O3/c23-16-6-7-19(21-10-16)20(24)13-22-11-14-8-18(9-15(14)12-22)25-17-4-2-1-3-5-17/h2,4-7,10,14-15,18,20,23-24H,8-9,11-13H2/t14-,15+,18?,20-/m0/s1. The summed E-state index contributed by atoms with van der Waals surface area (Å²) in [6.07, 6.45) is 3.15. The minimum absolute atomic E-state index is 0.117. The zero-order valence-corrected chi connectivity index (χ0v) is 14.0. The van der Waals surface area contributed by atoms with Crippen LogP contribution in [0.2, 0.25) is 0 Å². The molecule has 2 heterocycles. The van der Waals surface area contributed by atoms with Crippen molar-refractivity contribution in [1.82, 2.24) is 9.88 Å². The van der Waals surface area contributed by atoms with Crippen molar-refractivity contribution in [2.24, 2.45) is 11.8 Å². The second-order valence-corrected chi connectivity index (χ2v) is 7.08. The van der Waals surface area contributed by atoms with Crippen LogP contribution < -0.4 is 4.74 Å². The van der Waals surface area contributed by atoms with E-state index in [1.54, 1.807) is 12.1 Å². The molecule has 1 aromatic heterocycles. The molecule has 2 aliphatic rings. The molecular formula is C20H22N2O3. The number of β-amino-alcohol motifs (C(OH)–C–C–N with tert-alkyl or cyclic N) is 1. The highest BCUT2D eigenvalue weighted by atomic mass is 16.5. The van der Waals surface area contributed by atoms with E-state index in [1.807, 2.05) is 18.2 Å². The van der Waals surface area contributed by atoms with E-state index in [0.29, 0.717) is 24.1 Å². The minimum atomic E-state index is -0.623. The molecule has 25 heavy (non-hydrogen) atoms. The number of aromatic hydroxyl groups is 1. The number of hydrogen-bond acceptors (Lipinski definition) is 5. The number of pyridine rings is 1. The highest BCUT2D eigenvalue weighted by Crippen LogP contribution is 2.40. The van der Waals surface area contributed by atoms with Crippen LogP contribution in [-0.4, -0.2) is 45.8 Å². The highest BCUT2D eigenvalue weighted by Gasteiger charge is 2.42. The van der Waals surface area contributed by atoms with Crippen molar-refractivity contribution in [3.8, 4) is 11.5 Å². The lowest BCUT2D eigenvalue weighted by Crippen LogP contribution is -2.29. The first-order chi connectivity index (χ1) is 12.2. The zero-order valence-electron chi connectivity index (χ0n) is 14.0. The second-order valence-electron chi connectivity index (χ2n) is 7.08. The molecule has 5 nitrogen and oxygen atoms in total. The number of fused-ring (bicyclic) bond motifs is 1. The maximum atomic E-state index is 10.4. The van der Waals surface area contributed by atoms with Crippen molar-refractivity contribution in [2.75, 3.05) is 19.6 Å². The van der Waals surface area contributed by atoms with Crippen LogP contribution in [-0.2, 0) is 0 Å². The molecule has 1 saturated heterocycles. The predicted molar refractivity (Wildman–Crippen MR) is 92.0 cm³/mol. The third kappa shape index (κ3) is 3.71. The largest absolute Gasteiger partial charge is 0.506 e. The molecule has 1 unspecified atom stereocenters. The Morgan fingerprint density at radius 3 is 2.64 bits per heavy atom. The fourth-order valence-electron chi connectivity index (χ4n) is 4.12. The van der Waals surface area contributed by atoms with Crippen molar-refractivity contribution in [1.29, 1.82) is 0 Å². The van der Waals surface area contributed by atoms with Crippen molar-refractivity contribution in [3.05, 3.63) is 54.4 Å². The van der Waals surface area contributed by atoms with Gasteiger partial charge in [-0.3, -0.25) is 9.88 Å². The van der Waals surface area contributed by atoms with Gasteiger partial charge in [-0.1, -0.05) is 12.1 Å². The first kappa shape index (κ1) is 16.2. The topological polar surface area (TPSA) is 65.8 Å². The number of aromatic nitrogens is 1. The van der Waals surface area contributed by atoms with Gasteiger partial charge in [-0.05, 0) is 48.9 Å². The fraction of sp³-hybridized carbons (Fsp3) is 0.450. The molecule has 1 saturated carbocycles. The smallest absolute Gasteiger partial charge is 0.133 e. The van der Waals surface area contributed by atoms with Crippen LogP contribution in [0.3, 0.4) is 0 Å². The quantitative estimate of drug-likeness (QED) is 0.875. The lowest BCUT2D eigenvalue weighted by molar-refractivity contribution is 0.113. The number of hydrogen-bond donors (Lipinski definition) is 2. The average molecular weight is 338 g/mol. The third-order valence-corrected chi connectivity index (χ3v) is 5.26. The van der Waals surface area contributed by atoms with Gasteiger partial charge in [0.1, 0.15) is 17.6 Å². The highest BCUT2D eigenvalue weighted by molar-refractivity contribution is 5.19. The van der Waals surface area contributed by atoms with E-state index >= 15 is 0 Å². The van der Waals surface area contributed by atoms with Gasteiger partial charge in [-0.25, -0.2) is 0 Å². The monoisotopic (exact) mass is 338 g/mol. The molecule has 5 heteroatoms. The van der Waals surface area contributed by atoms with Crippen LogP contribution in [0.4, 0.5) is 0 Å². The van der Waals surface area contributed by atoms with Gasteiger partial charge in [0.25, 0.3) is 0 Å². The van der Waals surface area contributed by atoms with Gasteiger partial charge in [-0.15, -0.1) is 0 Å². The number of aliphatic hydroxyl groups excluding tert-OH is 1. The van der Waals surface area contributed by atoms with Gasteiger partial charge in [0, 0.05) is 25.7 Å². The normalized spacial score (nSPS) is 26.8. The average Bonchev–Trinajstić information content (AvgIpc) is 3.14. The first-order valence-electron chi connectivity index (χ1n) is 8.77. The van der Waals surface area contributed by atoms with Crippen molar-refractivity contribution >= 4 is 0 Å². The molecule has 4 rings (SSSR count). The number of rotatable bonds is 5. The Bertz CT molecular complexity index is 678. The van der Waals surface area contributed by atoms with Crippen LogP contribution in [0.25, 0.3) is 0 Å². The predicted octanol–water partition coefficient (Wildman–Crippen LogP) is 2.21. The van der Waals surface area contributed by atoms with Crippen LogP contribution in [0.5, 0.6) is 11.5 Å². The Labute approximate surface area is 147 Å². The summed E-state index contributed by atoms with van der Waals surface area (Å²) in [6.45, 7) is 2.57. The summed E-state index contributed by atoms with van der Waals surface area (Å²) in [7, 11) is 0. The lowest BCUT2D eigenvalue weighted by Gasteiger charge is -2.22. The van der Waals surface area contributed by atoms with E-state index in [0.717, 1.165) is 31.7 Å². The second kappa shape index (κ2) is 6.91. The molecule has 1 aliphatic carbocycles. The van der Waals surface area contributed by atoms with Gasteiger partial charge in [-0.2, -0.15) is 0 Å². The van der Waals surface area contributed by atoms with E-state index in [1.165, 1.54) is 6.20 Å². The van der Waals surface area contributed by atoms with E-state index < -0.39 is 6.10 Å². The van der Waals surface area contributed by atoms with Crippen molar-refractivity contribution < 1.29 is 14.9 Å². The first-order valence-corrected chi connectivity index (χ1v) is 8.77. The summed E-state index contributed by atoms with van der Waals surface area (Å²) >= 11 is 0. The van der Waals surface area contributed by atoms with Gasteiger partial charge >= 0.3 is 0 Å². The Hall–Kier alpha value is -2.29. The number of ether oxygens (including phenoxy) is 1. The zero-order chi connectivity index (χ0) is 17.2. The SMILES string of the molecule is Oc1ccc([C@@H](O)CN2C[C@H]3CC(Oc4cc#ccc4)C[C@H]3C2)nc1. The Kier molecular flexibility index (Phi) is 4.48. The molecule has 0 spiro atoms. The molecule has 1 aliphatic heterocycles. The van der Waals surface area contributed by atoms with Crippen LogP contribution in [0.15, 0.2) is 36.5 Å². The van der Waals surface area contributed by atoms with E-state index in [2.05, 4.69) is 22.0 Å². The lowest BCUT2D eigenvalue weighted by atomic mass is 10.0. The van der Waals surface area contributed by atoms with Gasteiger partial charge < -0.3 is 14.9 Å². The Balaban J connectivity index is 1.28. The van der Waals surface area contributed by atoms with E-state index in [9.17, 15) is 10.2 Å². The molecule has 2 aromatic rings. The fourth-order valence-corrected chi connectivity index (χ4v) is 4.12. The molecule has 0 bridgehead atoms. The molecule has 2 fully saturated rings. The van der Waals surface area contributed by atoms with Crippen LogP contribution >= 0.6 is 0 Å². The summed E-state index contributed by atoms with van der Waals surface area (Å²) in [5.74, 6) is 2.24. The molecule has 2 N–H and O–H groups in total. The summed E-state index contributed by atoms with van der Waals surface area (Å²) in [6, 6.07) is 14.6. The molecule has 0 radical (unpaired) electrons. The molecule has 0 amide bonds. The minimum Gasteiger partial charge on any atom is -0.506 e. The van der Waals surface area contributed by atoms with Crippen LogP contribution in [0.1, 0.15) is 24.6 Å². The Morgan fingerprint density at radius 1 is 1.20 bits per heavy atom. The summed E-state index contributed by atoms with van der Waals surface area (Å²) in [4.78, 5) is 6.41.